The number of hydrogen-bond acceptors (Lipinski definition) is 7. The number of carbonyl (C=O) groups excluding carboxylic acids is 1. The summed E-state index contributed by atoms with van der Waals surface area (Å²) in [6, 6.07) is 0. The van der Waals surface area contributed by atoms with Gasteiger partial charge in [-0.3, -0.25) is 15.4 Å². The Morgan fingerprint density at radius 1 is 1.04 bits per heavy atom. The molecule has 0 aromatic heterocycles. The molecule has 0 bridgehead atoms. The number of aliphatic hydroxyl groups excluding tert-OH is 1. The summed E-state index contributed by atoms with van der Waals surface area (Å²) in [5.74, 6) is 0.0500. The number of aliphatic hydroxyl groups is 1. The lowest BCUT2D eigenvalue weighted by molar-refractivity contribution is -0.120. The minimum Gasteiger partial charge on any atom is -0.379 e. The number of ether oxygens (including phenoxy) is 1. The van der Waals surface area contributed by atoms with E-state index in [0.29, 0.717) is 19.4 Å². The first-order valence-electron chi connectivity index (χ1n) is 9.13. The molecule has 2 atom stereocenters. The molecule has 0 saturated carbocycles. The van der Waals surface area contributed by atoms with E-state index >= 15 is 0 Å². The summed E-state index contributed by atoms with van der Waals surface area (Å²) in [7, 11) is 9.13. The number of methoxy groups -OCH3 is 1. The molecule has 8 nitrogen and oxygen atoms in total. The molecule has 0 radical (unpaired) electrons. The maximum Gasteiger partial charge on any atom is 0.221 e. The van der Waals surface area contributed by atoms with E-state index in [1.165, 1.54) is 0 Å². The molecule has 150 valence electrons. The highest BCUT2D eigenvalue weighted by atomic mass is 16.5. The van der Waals surface area contributed by atoms with Gasteiger partial charge in [-0.2, -0.15) is 0 Å². The van der Waals surface area contributed by atoms with E-state index < -0.39 is 6.23 Å². The van der Waals surface area contributed by atoms with Crippen molar-refractivity contribution in [2.24, 2.45) is 0 Å². The van der Waals surface area contributed by atoms with Crippen molar-refractivity contribution in [1.29, 1.82) is 0 Å². The van der Waals surface area contributed by atoms with E-state index in [1.807, 2.05) is 7.05 Å². The van der Waals surface area contributed by atoms with Crippen LogP contribution in [0.5, 0.6) is 0 Å². The van der Waals surface area contributed by atoms with Crippen LogP contribution in [0.3, 0.4) is 0 Å². The van der Waals surface area contributed by atoms with Crippen LogP contribution >= 0.6 is 0 Å². The molecule has 0 aliphatic heterocycles. The quantitative estimate of drug-likeness (QED) is 0.269. The van der Waals surface area contributed by atoms with E-state index in [1.54, 1.807) is 21.2 Å². The number of rotatable bonds is 16. The van der Waals surface area contributed by atoms with Crippen LogP contribution in [0.1, 0.15) is 25.7 Å². The van der Waals surface area contributed by atoms with Crippen molar-refractivity contribution in [2.45, 2.75) is 38.1 Å². The topological polar surface area (TPSA) is 89.1 Å². The standard InChI is InChI=1S/C17H39N5O3/c1-18-15(23)7-13-22(14-8-16(24)19-2)11-6-10-21(4)12-9-17(20-3)25-5/h15,17-18,20,23H,6-14H2,1-5H3,(H,19,24). The lowest BCUT2D eigenvalue weighted by atomic mass is 10.2. The van der Waals surface area contributed by atoms with Crippen LogP contribution in [0.25, 0.3) is 0 Å². The monoisotopic (exact) mass is 361 g/mol. The van der Waals surface area contributed by atoms with Crippen LogP contribution in [-0.2, 0) is 9.53 Å². The highest BCUT2D eigenvalue weighted by Crippen LogP contribution is 2.01. The van der Waals surface area contributed by atoms with Gasteiger partial charge in [-0.1, -0.05) is 0 Å². The van der Waals surface area contributed by atoms with Gasteiger partial charge in [0.15, 0.2) is 0 Å². The first kappa shape index (κ1) is 24.2. The Balaban J connectivity index is 4.14. The largest absolute Gasteiger partial charge is 0.379 e. The lowest BCUT2D eigenvalue weighted by Gasteiger charge is -2.25. The number of carbonyl (C=O) groups is 1. The second kappa shape index (κ2) is 15.5. The Hall–Kier alpha value is -0.770. The van der Waals surface area contributed by atoms with E-state index in [9.17, 15) is 9.90 Å². The maximum absolute atomic E-state index is 11.5. The summed E-state index contributed by atoms with van der Waals surface area (Å²) in [6.07, 6.45) is 2.69. The van der Waals surface area contributed by atoms with Gasteiger partial charge in [-0.25, -0.2) is 0 Å². The second-order valence-electron chi connectivity index (χ2n) is 6.32. The molecule has 0 aromatic rings. The minimum absolute atomic E-state index is 0.0500. The highest BCUT2D eigenvalue weighted by molar-refractivity contribution is 5.75. The number of amides is 1. The highest BCUT2D eigenvalue weighted by Gasteiger charge is 2.11. The molecule has 25 heavy (non-hydrogen) atoms. The fourth-order valence-electron chi connectivity index (χ4n) is 2.56. The molecule has 0 aliphatic rings. The lowest BCUT2D eigenvalue weighted by Crippen LogP contribution is -2.36. The van der Waals surface area contributed by atoms with Crippen LogP contribution in [0.15, 0.2) is 0 Å². The zero-order valence-corrected chi connectivity index (χ0v) is 16.7. The van der Waals surface area contributed by atoms with Crippen molar-refractivity contribution in [3.8, 4) is 0 Å². The third-order valence-electron chi connectivity index (χ3n) is 4.38. The molecule has 2 unspecified atom stereocenters. The summed E-state index contributed by atoms with van der Waals surface area (Å²) in [5.41, 5.74) is 0. The average molecular weight is 362 g/mol. The zero-order chi connectivity index (χ0) is 19.1. The summed E-state index contributed by atoms with van der Waals surface area (Å²) < 4.78 is 5.31. The van der Waals surface area contributed by atoms with Gasteiger partial charge < -0.3 is 25.0 Å². The summed E-state index contributed by atoms with van der Waals surface area (Å²) in [4.78, 5) is 16.0. The van der Waals surface area contributed by atoms with E-state index in [4.69, 9.17) is 4.74 Å². The van der Waals surface area contributed by atoms with Crippen molar-refractivity contribution in [3.05, 3.63) is 0 Å². The van der Waals surface area contributed by atoms with Crippen molar-refractivity contribution >= 4 is 5.91 Å². The molecule has 0 aromatic carbocycles. The fraction of sp³-hybridized carbons (Fsp3) is 0.941. The molecule has 0 rings (SSSR count). The van der Waals surface area contributed by atoms with E-state index in [0.717, 1.165) is 39.0 Å². The number of hydrogen-bond donors (Lipinski definition) is 4. The predicted molar refractivity (Wildman–Crippen MR) is 101 cm³/mol. The van der Waals surface area contributed by atoms with Gasteiger partial charge in [-0.05, 0) is 53.5 Å². The third-order valence-corrected chi connectivity index (χ3v) is 4.38. The normalized spacial score (nSPS) is 14.1. The molecular weight excluding hydrogens is 322 g/mol. The first-order chi connectivity index (χ1) is 12.0. The Morgan fingerprint density at radius 3 is 2.32 bits per heavy atom. The van der Waals surface area contributed by atoms with Crippen LogP contribution in [0, 0.1) is 0 Å². The van der Waals surface area contributed by atoms with Gasteiger partial charge in [0.05, 0.1) is 0 Å². The van der Waals surface area contributed by atoms with Crippen LogP contribution in [-0.4, -0.2) is 101 Å². The number of nitrogens with zero attached hydrogens (tertiary/aromatic N) is 2. The molecule has 0 fully saturated rings. The van der Waals surface area contributed by atoms with E-state index in [2.05, 4.69) is 32.8 Å². The average Bonchev–Trinajstić information content (AvgIpc) is 2.63. The minimum atomic E-state index is -0.502. The van der Waals surface area contributed by atoms with Gasteiger partial charge in [0.2, 0.25) is 5.91 Å². The Labute approximate surface area is 153 Å². The van der Waals surface area contributed by atoms with Crippen molar-refractivity contribution in [3.63, 3.8) is 0 Å². The molecular formula is C17H39N5O3. The van der Waals surface area contributed by atoms with Crippen molar-refractivity contribution in [2.75, 3.05) is 68.0 Å². The SMILES string of the molecule is CNC(=O)CCN(CCCN(C)CCC(NC)OC)CCC(O)NC. The van der Waals surface area contributed by atoms with Gasteiger partial charge in [0.1, 0.15) is 12.5 Å². The molecule has 1 amide bonds. The van der Waals surface area contributed by atoms with Crippen LogP contribution in [0.4, 0.5) is 0 Å². The van der Waals surface area contributed by atoms with E-state index in [-0.39, 0.29) is 12.1 Å². The summed E-state index contributed by atoms with van der Waals surface area (Å²) in [6.45, 7) is 4.36. The third kappa shape index (κ3) is 13.1. The van der Waals surface area contributed by atoms with Crippen molar-refractivity contribution < 1.29 is 14.6 Å². The molecule has 0 aliphatic carbocycles. The van der Waals surface area contributed by atoms with Gasteiger partial charge in [-0.15, -0.1) is 0 Å². The Bertz CT molecular complexity index is 329. The molecule has 8 heteroatoms. The van der Waals surface area contributed by atoms with Crippen LogP contribution < -0.4 is 16.0 Å². The fourth-order valence-corrected chi connectivity index (χ4v) is 2.56. The van der Waals surface area contributed by atoms with Gasteiger partial charge in [0, 0.05) is 40.2 Å². The Kier molecular flexibility index (Phi) is 15.0. The molecule has 0 saturated heterocycles. The zero-order valence-electron chi connectivity index (χ0n) is 16.7. The summed E-state index contributed by atoms with van der Waals surface area (Å²) >= 11 is 0. The predicted octanol–water partition coefficient (Wildman–Crippen LogP) is -0.744. The molecule has 0 heterocycles. The first-order valence-corrected chi connectivity index (χ1v) is 9.13. The number of nitrogens with one attached hydrogen (secondary N) is 3. The molecule has 0 spiro atoms. The van der Waals surface area contributed by atoms with Gasteiger partial charge in [0.25, 0.3) is 0 Å². The smallest absolute Gasteiger partial charge is 0.221 e. The van der Waals surface area contributed by atoms with Gasteiger partial charge >= 0.3 is 0 Å². The maximum atomic E-state index is 11.5. The Morgan fingerprint density at radius 2 is 1.76 bits per heavy atom. The second-order valence-corrected chi connectivity index (χ2v) is 6.32. The summed E-state index contributed by atoms with van der Waals surface area (Å²) in [5, 5.41) is 18.3. The van der Waals surface area contributed by atoms with Crippen LogP contribution in [0.2, 0.25) is 0 Å². The van der Waals surface area contributed by atoms with Crippen molar-refractivity contribution in [1.82, 2.24) is 25.8 Å². The molecule has 4 N–H and O–H groups in total.